The third kappa shape index (κ3) is 5.01. The SMILES string of the molecule is CCOC(=O)C(C)Nc1ccc(Oc2ncc(Cl)cc2Cl)cc1. The highest BCUT2D eigenvalue weighted by molar-refractivity contribution is 6.35. The molecule has 2 rings (SSSR count). The molecule has 0 saturated heterocycles. The molecule has 2 aromatic rings. The molecule has 5 nitrogen and oxygen atoms in total. The number of carbonyl (C=O) groups is 1. The lowest BCUT2D eigenvalue weighted by molar-refractivity contribution is -0.143. The van der Waals surface area contributed by atoms with E-state index < -0.39 is 6.04 Å². The van der Waals surface area contributed by atoms with Gasteiger partial charge < -0.3 is 14.8 Å². The van der Waals surface area contributed by atoms with Crippen LogP contribution in [0.1, 0.15) is 13.8 Å². The summed E-state index contributed by atoms with van der Waals surface area (Å²) in [4.78, 5) is 15.6. The molecule has 1 unspecified atom stereocenters. The molecule has 1 N–H and O–H groups in total. The Hall–Kier alpha value is -1.98. The van der Waals surface area contributed by atoms with Crippen molar-refractivity contribution in [3.05, 3.63) is 46.6 Å². The lowest BCUT2D eigenvalue weighted by Gasteiger charge is -2.14. The Morgan fingerprint density at radius 3 is 2.61 bits per heavy atom. The lowest BCUT2D eigenvalue weighted by Crippen LogP contribution is -2.28. The van der Waals surface area contributed by atoms with E-state index in [1.165, 1.54) is 6.20 Å². The topological polar surface area (TPSA) is 60.5 Å². The minimum Gasteiger partial charge on any atom is -0.464 e. The van der Waals surface area contributed by atoms with Crippen LogP contribution in [0.5, 0.6) is 11.6 Å². The number of nitrogens with zero attached hydrogens (tertiary/aromatic N) is 1. The molecule has 0 aliphatic carbocycles. The Bertz CT molecular complexity index is 678. The number of anilines is 1. The van der Waals surface area contributed by atoms with E-state index in [1.54, 1.807) is 44.2 Å². The Labute approximate surface area is 144 Å². The molecular weight excluding hydrogens is 339 g/mol. The van der Waals surface area contributed by atoms with Crippen LogP contribution in [0.3, 0.4) is 0 Å². The molecule has 1 heterocycles. The molecule has 0 saturated carbocycles. The number of rotatable bonds is 6. The van der Waals surface area contributed by atoms with Crippen LogP contribution >= 0.6 is 23.2 Å². The molecule has 0 bridgehead atoms. The third-order valence-corrected chi connectivity index (χ3v) is 3.34. The van der Waals surface area contributed by atoms with Gasteiger partial charge >= 0.3 is 5.97 Å². The van der Waals surface area contributed by atoms with Gasteiger partial charge in [-0.15, -0.1) is 0 Å². The van der Waals surface area contributed by atoms with Crippen LogP contribution in [0.25, 0.3) is 0 Å². The Kier molecular flexibility index (Phi) is 6.07. The van der Waals surface area contributed by atoms with Crippen LogP contribution in [-0.2, 0) is 9.53 Å². The highest BCUT2D eigenvalue weighted by Gasteiger charge is 2.13. The normalized spacial score (nSPS) is 11.7. The van der Waals surface area contributed by atoms with Crippen molar-refractivity contribution < 1.29 is 14.3 Å². The summed E-state index contributed by atoms with van der Waals surface area (Å²) >= 11 is 11.8. The second kappa shape index (κ2) is 8.04. The van der Waals surface area contributed by atoms with Gasteiger partial charge in [0.1, 0.15) is 16.8 Å². The van der Waals surface area contributed by atoms with Crippen molar-refractivity contribution in [3.63, 3.8) is 0 Å². The maximum absolute atomic E-state index is 11.6. The molecule has 0 amide bonds. The van der Waals surface area contributed by atoms with E-state index in [2.05, 4.69) is 10.3 Å². The van der Waals surface area contributed by atoms with Gasteiger partial charge in [-0.2, -0.15) is 0 Å². The standard InChI is InChI=1S/C16H16Cl2N2O3/c1-3-22-16(21)10(2)20-12-4-6-13(7-5-12)23-15-14(18)8-11(17)9-19-15/h4-10,20H,3H2,1-2H3. The molecule has 7 heteroatoms. The zero-order chi connectivity index (χ0) is 16.8. The monoisotopic (exact) mass is 354 g/mol. The molecule has 122 valence electrons. The van der Waals surface area contributed by atoms with Crippen molar-refractivity contribution in [3.8, 4) is 11.6 Å². The van der Waals surface area contributed by atoms with E-state index in [-0.39, 0.29) is 11.8 Å². The average molecular weight is 355 g/mol. The summed E-state index contributed by atoms with van der Waals surface area (Å²) < 4.78 is 10.5. The quantitative estimate of drug-likeness (QED) is 0.771. The van der Waals surface area contributed by atoms with Crippen LogP contribution in [0.15, 0.2) is 36.5 Å². The number of nitrogens with one attached hydrogen (secondary N) is 1. The van der Waals surface area contributed by atoms with Crippen molar-refractivity contribution in [1.82, 2.24) is 4.98 Å². The van der Waals surface area contributed by atoms with Crippen LogP contribution in [0.4, 0.5) is 5.69 Å². The summed E-state index contributed by atoms with van der Waals surface area (Å²) in [5.74, 6) is 0.540. The van der Waals surface area contributed by atoms with Crippen LogP contribution in [0.2, 0.25) is 10.0 Å². The minimum atomic E-state index is -0.436. The highest BCUT2D eigenvalue weighted by atomic mass is 35.5. The minimum absolute atomic E-state index is 0.275. The van der Waals surface area contributed by atoms with Crippen molar-refractivity contribution in [2.24, 2.45) is 0 Å². The third-order valence-electron chi connectivity index (χ3n) is 2.87. The van der Waals surface area contributed by atoms with Crippen LogP contribution in [0, 0.1) is 0 Å². The van der Waals surface area contributed by atoms with Crippen LogP contribution in [-0.4, -0.2) is 23.6 Å². The molecule has 0 aliphatic heterocycles. The summed E-state index contributed by atoms with van der Waals surface area (Å²) in [6.45, 7) is 3.86. The second-order valence-corrected chi connectivity index (χ2v) is 5.53. The van der Waals surface area contributed by atoms with Gasteiger partial charge in [0, 0.05) is 11.9 Å². The lowest BCUT2D eigenvalue weighted by atomic mass is 10.2. The molecule has 0 radical (unpaired) electrons. The second-order valence-electron chi connectivity index (χ2n) is 4.69. The molecule has 23 heavy (non-hydrogen) atoms. The highest BCUT2D eigenvalue weighted by Crippen LogP contribution is 2.29. The van der Waals surface area contributed by atoms with Crippen molar-refractivity contribution in [1.29, 1.82) is 0 Å². The number of esters is 1. The Balaban J connectivity index is 2.00. The Morgan fingerprint density at radius 2 is 2.00 bits per heavy atom. The largest absolute Gasteiger partial charge is 0.464 e. The summed E-state index contributed by atoms with van der Waals surface area (Å²) in [5, 5.41) is 3.82. The maximum atomic E-state index is 11.6. The summed E-state index contributed by atoms with van der Waals surface area (Å²) in [5.41, 5.74) is 0.771. The first-order valence-corrected chi connectivity index (χ1v) is 7.77. The van der Waals surface area contributed by atoms with E-state index in [0.29, 0.717) is 22.4 Å². The fourth-order valence-electron chi connectivity index (χ4n) is 1.78. The van der Waals surface area contributed by atoms with Gasteiger partial charge in [-0.1, -0.05) is 23.2 Å². The van der Waals surface area contributed by atoms with E-state index in [4.69, 9.17) is 32.7 Å². The molecule has 0 aliphatic rings. The zero-order valence-corrected chi connectivity index (χ0v) is 14.2. The number of halogens is 2. The van der Waals surface area contributed by atoms with E-state index >= 15 is 0 Å². The summed E-state index contributed by atoms with van der Waals surface area (Å²) in [6.07, 6.45) is 1.46. The first-order chi connectivity index (χ1) is 11.0. The predicted molar refractivity (Wildman–Crippen MR) is 90.5 cm³/mol. The van der Waals surface area contributed by atoms with E-state index in [0.717, 1.165) is 5.69 Å². The first-order valence-electron chi connectivity index (χ1n) is 7.01. The maximum Gasteiger partial charge on any atom is 0.328 e. The molecule has 1 aromatic heterocycles. The summed E-state index contributed by atoms with van der Waals surface area (Å²) in [6, 6.07) is 8.18. The average Bonchev–Trinajstić information content (AvgIpc) is 2.52. The number of ether oxygens (including phenoxy) is 2. The predicted octanol–water partition coefficient (Wildman–Crippen LogP) is 4.54. The van der Waals surface area contributed by atoms with Crippen molar-refractivity contribution in [2.45, 2.75) is 19.9 Å². The molecule has 1 atom stereocenters. The molecular formula is C16H16Cl2N2O3. The Morgan fingerprint density at radius 1 is 1.30 bits per heavy atom. The van der Waals surface area contributed by atoms with E-state index in [9.17, 15) is 4.79 Å². The number of carbonyl (C=O) groups excluding carboxylic acids is 1. The number of hydrogen-bond donors (Lipinski definition) is 1. The van der Waals surface area contributed by atoms with Gasteiger partial charge in [-0.05, 0) is 44.2 Å². The first kappa shape index (κ1) is 17.4. The molecule has 1 aromatic carbocycles. The number of aromatic nitrogens is 1. The van der Waals surface area contributed by atoms with Crippen molar-refractivity contribution >= 4 is 34.9 Å². The van der Waals surface area contributed by atoms with Gasteiger partial charge in [0.05, 0.1) is 11.6 Å². The van der Waals surface area contributed by atoms with Gasteiger partial charge in [0.2, 0.25) is 5.88 Å². The number of benzene rings is 1. The molecule has 0 spiro atoms. The van der Waals surface area contributed by atoms with Gasteiger partial charge in [-0.25, -0.2) is 9.78 Å². The zero-order valence-electron chi connectivity index (χ0n) is 12.7. The molecule has 0 fully saturated rings. The van der Waals surface area contributed by atoms with Gasteiger partial charge in [0.25, 0.3) is 0 Å². The van der Waals surface area contributed by atoms with E-state index in [1.807, 2.05) is 0 Å². The van der Waals surface area contributed by atoms with Gasteiger partial charge in [0.15, 0.2) is 0 Å². The number of pyridine rings is 1. The van der Waals surface area contributed by atoms with Gasteiger partial charge in [-0.3, -0.25) is 0 Å². The fraction of sp³-hybridized carbons (Fsp3) is 0.250. The smallest absolute Gasteiger partial charge is 0.328 e. The summed E-state index contributed by atoms with van der Waals surface area (Å²) in [7, 11) is 0. The van der Waals surface area contributed by atoms with Crippen molar-refractivity contribution in [2.75, 3.05) is 11.9 Å². The van der Waals surface area contributed by atoms with Crippen LogP contribution < -0.4 is 10.1 Å². The fourth-order valence-corrected chi connectivity index (χ4v) is 2.20. The number of hydrogen-bond acceptors (Lipinski definition) is 5.